The number of benzene rings is 1. The lowest BCUT2D eigenvalue weighted by Crippen LogP contribution is -2.16. The molecule has 0 aliphatic rings. The maximum Gasteiger partial charge on any atom is 0.339 e. The van der Waals surface area contributed by atoms with E-state index in [0.717, 1.165) is 6.42 Å². The van der Waals surface area contributed by atoms with Crippen molar-refractivity contribution in [2.24, 2.45) is 5.92 Å². The Hall–Kier alpha value is -2.37. The molecule has 22 heavy (non-hydrogen) atoms. The van der Waals surface area contributed by atoms with Crippen molar-refractivity contribution in [3.05, 3.63) is 35.4 Å². The molecular weight excluding hydrogens is 294 g/mol. The van der Waals surface area contributed by atoms with Gasteiger partial charge in [0.1, 0.15) is 0 Å². The van der Waals surface area contributed by atoms with Crippen LogP contribution in [0.2, 0.25) is 0 Å². The SMILES string of the molecule is CCC(CCCC(=O)O)COC(=O)[13c]1[13cH][13cH][13cH][13cH][13c]1C(=O)O. The number of ether oxygens (including phenoxy) is 1. The molecule has 1 unspecified atom stereocenters. The largest absolute Gasteiger partial charge is 0.481 e. The zero-order valence-corrected chi connectivity index (χ0v) is 12.4. The van der Waals surface area contributed by atoms with E-state index in [-0.39, 0.29) is 30.1 Å². The lowest BCUT2D eigenvalue weighted by atomic mass is 10.0. The summed E-state index contributed by atoms with van der Waals surface area (Å²) in [5.41, 5.74) is -0.0678. The highest BCUT2D eigenvalue weighted by molar-refractivity contribution is 6.02. The Bertz CT molecular complexity index is 537. The van der Waals surface area contributed by atoms with Crippen molar-refractivity contribution in [1.29, 1.82) is 0 Å². The van der Waals surface area contributed by atoms with Crippen LogP contribution in [0.5, 0.6) is 0 Å². The van der Waals surface area contributed by atoms with Gasteiger partial charge in [-0.15, -0.1) is 0 Å². The van der Waals surface area contributed by atoms with E-state index in [1.54, 1.807) is 12.1 Å². The van der Waals surface area contributed by atoms with Crippen molar-refractivity contribution in [2.45, 2.75) is 32.6 Å². The number of carbonyl (C=O) groups excluding carboxylic acids is 1. The molecule has 1 aromatic rings. The van der Waals surface area contributed by atoms with Crippen LogP contribution in [0.15, 0.2) is 24.3 Å². The molecule has 0 saturated heterocycles. The molecule has 1 aromatic carbocycles. The molecule has 0 saturated carbocycles. The Kier molecular flexibility index (Phi) is 7.08. The fraction of sp³-hybridized carbons (Fsp3) is 0.438. The average Bonchev–Trinajstić information content (AvgIpc) is 2.49. The topological polar surface area (TPSA) is 101 Å². The van der Waals surface area contributed by atoms with Gasteiger partial charge in [0, 0.05) is 6.42 Å². The first-order chi connectivity index (χ1) is 10.5. The van der Waals surface area contributed by atoms with E-state index in [1.165, 1.54) is 12.1 Å². The molecule has 120 valence electrons. The maximum absolute atomic E-state index is 12.0. The quantitative estimate of drug-likeness (QED) is 0.680. The van der Waals surface area contributed by atoms with Crippen molar-refractivity contribution >= 4 is 17.9 Å². The van der Waals surface area contributed by atoms with Crippen LogP contribution in [-0.2, 0) is 9.53 Å². The lowest BCUT2D eigenvalue weighted by Gasteiger charge is -2.15. The van der Waals surface area contributed by atoms with Gasteiger partial charge >= 0.3 is 17.9 Å². The fourth-order valence-electron chi connectivity index (χ4n) is 2.07. The summed E-state index contributed by atoms with van der Waals surface area (Å²) in [6.45, 7) is 2.09. The van der Waals surface area contributed by atoms with E-state index < -0.39 is 17.9 Å². The minimum absolute atomic E-state index is 0.0235. The number of aromatic carboxylic acids is 1. The number of aliphatic carboxylic acids is 1. The van der Waals surface area contributed by atoms with Gasteiger partial charge in [-0.2, -0.15) is 0 Å². The summed E-state index contributed by atoms with van der Waals surface area (Å²) in [5.74, 6) is -2.63. The normalized spacial score (nSPS) is 11.7. The van der Waals surface area contributed by atoms with E-state index in [9.17, 15) is 14.4 Å². The molecule has 6 nitrogen and oxygen atoms in total. The molecule has 0 radical (unpaired) electrons. The number of esters is 1. The molecule has 0 aromatic heterocycles. The van der Waals surface area contributed by atoms with Crippen LogP contribution in [0, 0.1) is 5.92 Å². The van der Waals surface area contributed by atoms with Gasteiger partial charge in [-0.05, 0) is 30.9 Å². The van der Waals surface area contributed by atoms with Crippen LogP contribution in [-0.4, -0.2) is 34.7 Å². The van der Waals surface area contributed by atoms with Crippen molar-refractivity contribution in [1.82, 2.24) is 0 Å². The highest BCUT2D eigenvalue weighted by atomic mass is 16.5. The summed E-state index contributed by atoms with van der Waals surface area (Å²) in [6.07, 6.45) is 2.02. The lowest BCUT2D eigenvalue weighted by molar-refractivity contribution is -0.137. The maximum atomic E-state index is 12.0. The predicted molar refractivity (Wildman–Crippen MR) is 79.0 cm³/mol. The molecule has 0 aliphatic heterocycles. The van der Waals surface area contributed by atoms with E-state index in [2.05, 4.69) is 0 Å². The third-order valence-corrected chi connectivity index (χ3v) is 3.41. The zero-order valence-electron chi connectivity index (χ0n) is 12.4. The number of carboxylic acid groups (broad SMARTS) is 2. The van der Waals surface area contributed by atoms with Crippen molar-refractivity contribution in [3.8, 4) is 0 Å². The van der Waals surface area contributed by atoms with Gasteiger partial charge in [0.05, 0.1) is 17.7 Å². The number of hydrogen-bond donors (Lipinski definition) is 2. The molecule has 1 rings (SSSR count). The first-order valence-electron chi connectivity index (χ1n) is 7.17. The Balaban J connectivity index is 2.57. The Labute approximate surface area is 128 Å². The summed E-state index contributed by atoms with van der Waals surface area (Å²) in [7, 11) is 0. The highest BCUT2D eigenvalue weighted by Crippen LogP contribution is 2.16. The van der Waals surface area contributed by atoms with Gasteiger partial charge in [-0.3, -0.25) is 4.79 Å². The highest BCUT2D eigenvalue weighted by Gasteiger charge is 2.18. The number of carboxylic acids is 2. The summed E-state index contributed by atoms with van der Waals surface area (Å²) in [4.78, 5) is 33.5. The van der Waals surface area contributed by atoms with Crippen molar-refractivity contribution in [3.63, 3.8) is 0 Å². The molecule has 0 fully saturated rings. The monoisotopic (exact) mass is 314 g/mol. The third-order valence-electron chi connectivity index (χ3n) is 3.41. The summed E-state index contributed by atoms with van der Waals surface area (Å²) < 4.78 is 5.18. The number of carbonyl (C=O) groups is 3. The molecule has 0 heterocycles. The second kappa shape index (κ2) is 8.81. The van der Waals surface area contributed by atoms with E-state index >= 15 is 0 Å². The minimum Gasteiger partial charge on any atom is -0.481 e. The van der Waals surface area contributed by atoms with Crippen LogP contribution < -0.4 is 0 Å². The molecule has 0 amide bonds. The number of rotatable bonds is 9. The first-order valence-corrected chi connectivity index (χ1v) is 7.17. The first kappa shape index (κ1) is 17.7. The number of hydrogen-bond acceptors (Lipinski definition) is 4. The van der Waals surface area contributed by atoms with Gasteiger partial charge in [0.2, 0.25) is 0 Å². The molecular formula is C16H20O6. The molecule has 0 aliphatic carbocycles. The van der Waals surface area contributed by atoms with Crippen LogP contribution in [0.3, 0.4) is 0 Å². The molecule has 0 spiro atoms. The van der Waals surface area contributed by atoms with Crippen LogP contribution in [0.1, 0.15) is 53.3 Å². The predicted octanol–water partition coefficient (Wildman–Crippen LogP) is 2.82. The Morgan fingerprint density at radius 1 is 1.14 bits per heavy atom. The van der Waals surface area contributed by atoms with Crippen LogP contribution in [0.4, 0.5) is 0 Å². The Morgan fingerprint density at radius 3 is 2.32 bits per heavy atom. The van der Waals surface area contributed by atoms with Gasteiger partial charge in [0.25, 0.3) is 0 Å². The van der Waals surface area contributed by atoms with Gasteiger partial charge in [-0.1, -0.05) is 25.5 Å². The second-order valence-corrected chi connectivity index (χ2v) is 5.01. The summed E-state index contributed by atoms with van der Waals surface area (Å²) >= 11 is 0. The van der Waals surface area contributed by atoms with Crippen molar-refractivity contribution < 1.29 is 29.3 Å². The van der Waals surface area contributed by atoms with E-state index in [4.69, 9.17) is 14.9 Å². The smallest absolute Gasteiger partial charge is 0.339 e. The van der Waals surface area contributed by atoms with Crippen LogP contribution >= 0.6 is 0 Å². The standard InChI is InChI=1S/C16H20O6/c1-2-11(6-5-9-14(17)18)10-22-16(21)13-8-4-3-7-12(13)15(19)20/h3-4,7-8,11H,2,5-6,9-10H2,1H3,(H,17,18)(H,19,20)/i3+1,4+1,7+1,8+1,12+1,13+1. The molecule has 0 bridgehead atoms. The fourth-order valence-corrected chi connectivity index (χ4v) is 2.07. The van der Waals surface area contributed by atoms with Gasteiger partial charge < -0.3 is 14.9 Å². The van der Waals surface area contributed by atoms with E-state index in [1.807, 2.05) is 6.92 Å². The molecule has 1 atom stereocenters. The third kappa shape index (κ3) is 5.55. The van der Waals surface area contributed by atoms with Gasteiger partial charge in [0.15, 0.2) is 0 Å². The molecule has 6 heteroatoms. The zero-order chi connectivity index (χ0) is 16.5. The van der Waals surface area contributed by atoms with Crippen molar-refractivity contribution in [2.75, 3.05) is 6.61 Å². The van der Waals surface area contributed by atoms with E-state index in [0.29, 0.717) is 12.8 Å². The Morgan fingerprint density at radius 2 is 1.77 bits per heavy atom. The summed E-state index contributed by atoms with van der Waals surface area (Å²) in [6, 6.07) is 5.88. The van der Waals surface area contributed by atoms with Gasteiger partial charge in [-0.25, -0.2) is 9.59 Å². The second-order valence-electron chi connectivity index (χ2n) is 5.01. The summed E-state index contributed by atoms with van der Waals surface area (Å²) in [5, 5.41) is 17.7. The van der Waals surface area contributed by atoms with Crippen LogP contribution in [0.25, 0.3) is 0 Å². The molecule has 2 N–H and O–H groups in total. The minimum atomic E-state index is -1.18. The average molecular weight is 314 g/mol.